The highest BCUT2D eigenvalue weighted by atomic mass is 35.5. The van der Waals surface area contributed by atoms with Gasteiger partial charge in [-0.05, 0) is 42.8 Å². The summed E-state index contributed by atoms with van der Waals surface area (Å²) in [5.74, 6) is 1.38. The molecule has 3 rings (SSSR count). The molecule has 25 heavy (non-hydrogen) atoms. The summed E-state index contributed by atoms with van der Waals surface area (Å²) in [5.41, 5.74) is 2.67. The molecule has 6 heteroatoms. The Morgan fingerprint density at radius 1 is 1.04 bits per heavy atom. The first-order valence-electron chi connectivity index (χ1n) is 8.30. The normalized spacial score (nSPS) is 10.5. The lowest BCUT2D eigenvalue weighted by atomic mass is 10.2. The Labute approximate surface area is 152 Å². The van der Waals surface area contributed by atoms with Crippen LogP contribution in [0.2, 0.25) is 5.02 Å². The Hall–Kier alpha value is -2.66. The summed E-state index contributed by atoms with van der Waals surface area (Å²) in [6, 6.07) is 13.3. The number of halogens is 1. The average molecular weight is 354 g/mol. The Balaban J connectivity index is 1.78. The van der Waals surface area contributed by atoms with E-state index in [0.29, 0.717) is 11.0 Å². The van der Waals surface area contributed by atoms with Gasteiger partial charge in [0.2, 0.25) is 5.95 Å². The molecule has 1 aromatic carbocycles. The van der Waals surface area contributed by atoms with Crippen LogP contribution in [0.1, 0.15) is 19.8 Å². The molecule has 0 aliphatic heterocycles. The Kier molecular flexibility index (Phi) is 5.80. The first-order chi connectivity index (χ1) is 12.2. The van der Waals surface area contributed by atoms with Crippen molar-refractivity contribution in [3.05, 3.63) is 59.9 Å². The molecule has 0 bridgehead atoms. The summed E-state index contributed by atoms with van der Waals surface area (Å²) >= 11 is 6.01. The van der Waals surface area contributed by atoms with Crippen molar-refractivity contribution in [2.75, 3.05) is 17.2 Å². The number of pyridine rings is 1. The molecule has 2 aromatic heterocycles. The lowest BCUT2D eigenvalue weighted by molar-refractivity contribution is 0.831. The predicted molar refractivity (Wildman–Crippen MR) is 103 cm³/mol. The molecule has 0 unspecified atom stereocenters. The maximum absolute atomic E-state index is 6.01. The van der Waals surface area contributed by atoms with E-state index in [-0.39, 0.29) is 0 Å². The van der Waals surface area contributed by atoms with Crippen LogP contribution in [0.4, 0.5) is 17.5 Å². The van der Waals surface area contributed by atoms with Crippen LogP contribution in [0.5, 0.6) is 0 Å². The van der Waals surface area contributed by atoms with Crippen LogP contribution >= 0.6 is 11.6 Å². The van der Waals surface area contributed by atoms with Gasteiger partial charge in [0.1, 0.15) is 5.82 Å². The van der Waals surface area contributed by atoms with Crippen molar-refractivity contribution in [1.82, 2.24) is 15.0 Å². The molecule has 0 amide bonds. The summed E-state index contributed by atoms with van der Waals surface area (Å²) in [4.78, 5) is 13.2. The highest BCUT2D eigenvalue weighted by molar-refractivity contribution is 6.30. The first-order valence-corrected chi connectivity index (χ1v) is 8.68. The van der Waals surface area contributed by atoms with Crippen LogP contribution in [0.25, 0.3) is 11.3 Å². The maximum Gasteiger partial charge on any atom is 0.227 e. The number of benzene rings is 1. The molecule has 0 spiro atoms. The number of aromatic nitrogens is 3. The highest BCUT2D eigenvalue weighted by Gasteiger charge is 2.05. The smallest absolute Gasteiger partial charge is 0.227 e. The van der Waals surface area contributed by atoms with E-state index in [1.807, 2.05) is 42.5 Å². The van der Waals surface area contributed by atoms with Crippen molar-refractivity contribution in [1.29, 1.82) is 0 Å². The number of unbranched alkanes of at least 4 members (excludes halogenated alkanes) is 1. The molecule has 0 saturated heterocycles. The zero-order valence-electron chi connectivity index (χ0n) is 14.0. The van der Waals surface area contributed by atoms with Gasteiger partial charge in [0.05, 0.1) is 5.69 Å². The van der Waals surface area contributed by atoms with Crippen molar-refractivity contribution < 1.29 is 0 Å². The number of hydrogen-bond donors (Lipinski definition) is 2. The van der Waals surface area contributed by atoms with E-state index < -0.39 is 0 Å². The summed E-state index contributed by atoms with van der Waals surface area (Å²) in [6.07, 6.45) is 5.79. The molecule has 0 aliphatic rings. The first kappa shape index (κ1) is 17.2. The fourth-order valence-corrected chi connectivity index (χ4v) is 2.55. The minimum absolute atomic E-state index is 0.525. The van der Waals surface area contributed by atoms with Gasteiger partial charge in [0, 0.05) is 35.2 Å². The average Bonchev–Trinajstić information content (AvgIpc) is 2.63. The van der Waals surface area contributed by atoms with E-state index in [1.54, 1.807) is 12.4 Å². The topological polar surface area (TPSA) is 62.7 Å². The highest BCUT2D eigenvalue weighted by Crippen LogP contribution is 2.22. The number of hydrogen-bond acceptors (Lipinski definition) is 5. The molecule has 3 aromatic rings. The van der Waals surface area contributed by atoms with Gasteiger partial charge in [-0.25, -0.2) is 15.0 Å². The third kappa shape index (κ3) is 4.90. The predicted octanol–water partition coefficient (Wildman–Crippen LogP) is 5.15. The molecule has 0 atom stereocenters. The number of anilines is 3. The maximum atomic E-state index is 6.01. The summed E-state index contributed by atoms with van der Waals surface area (Å²) in [7, 11) is 0. The van der Waals surface area contributed by atoms with Gasteiger partial charge in [-0.2, -0.15) is 0 Å². The van der Waals surface area contributed by atoms with Crippen LogP contribution in [0.15, 0.2) is 54.9 Å². The monoisotopic (exact) mass is 353 g/mol. The SMILES string of the molecule is CCCCNc1cc(-c2ccnc(Nc3cccc(Cl)c3)n2)ccn1. The van der Waals surface area contributed by atoms with Crippen molar-refractivity contribution in [3.8, 4) is 11.3 Å². The van der Waals surface area contributed by atoms with Gasteiger partial charge in [-0.3, -0.25) is 0 Å². The number of rotatable bonds is 7. The van der Waals surface area contributed by atoms with E-state index in [0.717, 1.165) is 42.1 Å². The van der Waals surface area contributed by atoms with Crippen LogP contribution in [-0.4, -0.2) is 21.5 Å². The van der Waals surface area contributed by atoms with Gasteiger partial charge in [0.15, 0.2) is 0 Å². The largest absolute Gasteiger partial charge is 0.370 e. The van der Waals surface area contributed by atoms with Gasteiger partial charge < -0.3 is 10.6 Å². The van der Waals surface area contributed by atoms with Gasteiger partial charge in [-0.1, -0.05) is 31.0 Å². The lowest BCUT2D eigenvalue weighted by Crippen LogP contribution is -2.03. The van der Waals surface area contributed by atoms with E-state index in [9.17, 15) is 0 Å². The summed E-state index contributed by atoms with van der Waals surface area (Å²) < 4.78 is 0. The zero-order chi connectivity index (χ0) is 17.5. The zero-order valence-corrected chi connectivity index (χ0v) is 14.8. The number of nitrogens with one attached hydrogen (secondary N) is 2. The fraction of sp³-hybridized carbons (Fsp3) is 0.211. The lowest BCUT2D eigenvalue weighted by Gasteiger charge is -2.09. The molecular formula is C19H20ClN5. The Morgan fingerprint density at radius 3 is 2.76 bits per heavy atom. The molecular weight excluding hydrogens is 334 g/mol. The van der Waals surface area contributed by atoms with Crippen molar-refractivity contribution >= 4 is 29.1 Å². The van der Waals surface area contributed by atoms with Gasteiger partial charge >= 0.3 is 0 Å². The molecule has 2 heterocycles. The van der Waals surface area contributed by atoms with Crippen LogP contribution in [0, 0.1) is 0 Å². The van der Waals surface area contributed by atoms with Gasteiger partial charge in [0.25, 0.3) is 0 Å². The van der Waals surface area contributed by atoms with Crippen molar-refractivity contribution in [2.24, 2.45) is 0 Å². The minimum Gasteiger partial charge on any atom is -0.370 e. The van der Waals surface area contributed by atoms with Crippen molar-refractivity contribution in [3.63, 3.8) is 0 Å². The second-order valence-corrected chi connectivity index (χ2v) is 6.05. The second kappa shape index (κ2) is 8.44. The quantitative estimate of drug-likeness (QED) is 0.575. The molecule has 0 aliphatic carbocycles. The Morgan fingerprint density at radius 2 is 1.92 bits per heavy atom. The molecule has 2 N–H and O–H groups in total. The third-order valence-electron chi connectivity index (χ3n) is 3.63. The minimum atomic E-state index is 0.525. The van der Waals surface area contributed by atoms with Crippen LogP contribution in [-0.2, 0) is 0 Å². The van der Waals surface area contributed by atoms with Crippen LogP contribution in [0.3, 0.4) is 0 Å². The molecule has 0 fully saturated rings. The molecule has 0 radical (unpaired) electrons. The molecule has 128 valence electrons. The van der Waals surface area contributed by atoms with E-state index in [2.05, 4.69) is 32.5 Å². The summed E-state index contributed by atoms with van der Waals surface area (Å²) in [5, 5.41) is 7.17. The summed E-state index contributed by atoms with van der Waals surface area (Å²) in [6.45, 7) is 3.08. The molecule has 0 saturated carbocycles. The standard InChI is InChI=1S/C19H20ClN5/c1-2-3-9-21-18-12-14(7-10-22-18)17-8-11-23-19(25-17)24-16-6-4-5-15(20)13-16/h4-8,10-13H,2-3,9H2,1H3,(H,21,22)(H,23,24,25). The molecule has 5 nitrogen and oxygen atoms in total. The van der Waals surface area contributed by atoms with Crippen molar-refractivity contribution in [2.45, 2.75) is 19.8 Å². The van der Waals surface area contributed by atoms with E-state index in [4.69, 9.17) is 11.6 Å². The van der Waals surface area contributed by atoms with E-state index >= 15 is 0 Å². The Bertz CT molecular complexity index is 837. The fourth-order valence-electron chi connectivity index (χ4n) is 2.35. The third-order valence-corrected chi connectivity index (χ3v) is 3.86. The van der Waals surface area contributed by atoms with Gasteiger partial charge in [-0.15, -0.1) is 0 Å². The van der Waals surface area contributed by atoms with E-state index in [1.165, 1.54) is 0 Å². The second-order valence-electron chi connectivity index (χ2n) is 5.61. The number of nitrogens with zero attached hydrogens (tertiary/aromatic N) is 3. The van der Waals surface area contributed by atoms with Crippen LogP contribution < -0.4 is 10.6 Å².